The molecule has 0 saturated heterocycles. The van der Waals surface area contributed by atoms with E-state index in [4.69, 9.17) is 16.3 Å². The fourth-order valence-corrected chi connectivity index (χ4v) is 2.21. The highest BCUT2D eigenvalue weighted by atomic mass is 35.5. The minimum Gasteiger partial charge on any atom is -0.465 e. The number of esters is 2. The van der Waals surface area contributed by atoms with Gasteiger partial charge < -0.3 is 14.2 Å². The van der Waals surface area contributed by atoms with Gasteiger partial charge in [0.25, 0.3) is 0 Å². The molecule has 24 heavy (non-hydrogen) atoms. The highest BCUT2D eigenvalue weighted by Gasteiger charge is 2.45. The minimum absolute atomic E-state index is 0.0603. The first-order valence-corrected chi connectivity index (χ1v) is 8.02. The standard InChI is InChI=1S/C17H21ClO6/c1-4-22-14(19)17(3,15(20)24-16(21)23-5-2)10-9-12-7-6-8-13(18)11-12/h6-8,11H,4-5,9-10H2,1-3H3. The summed E-state index contributed by atoms with van der Waals surface area (Å²) >= 11 is 5.93. The highest BCUT2D eigenvalue weighted by Crippen LogP contribution is 2.28. The van der Waals surface area contributed by atoms with Crippen LogP contribution in [0.4, 0.5) is 4.79 Å². The van der Waals surface area contributed by atoms with Crippen molar-refractivity contribution in [3.05, 3.63) is 34.9 Å². The van der Waals surface area contributed by atoms with Crippen LogP contribution in [0.5, 0.6) is 0 Å². The van der Waals surface area contributed by atoms with Crippen LogP contribution in [0.15, 0.2) is 24.3 Å². The van der Waals surface area contributed by atoms with E-state index >= 15 is 0 Å². The molecule has 1 aromatic carbocycles. The smallest absolute Gasteiger partial charge is 0.465 e. The summed E-state index contributed by atoms with van der Waals surface area (Å²) in [6, 6.07) is 7.07. The molecule has 0 radical (unpaired) electrons. The first-order valence-electron chi connectivity index (χ1n) is 7.64. The Bertz CT molecular complexity index is 600. The topological polar surface area (TPSA) is 78.9 Å². The zero-order valence-electron chi connectivity index (χ0n) is 14.0. The van der Waals surface area contributed by atoms with Crippen molar-refractivity contribution >= 4 is 29.7 Å². The molecule has 0 bridgehead atoms. The summed E-state index contributed by atoms with van der Waals surface area (Å²) in [5.74, 6) is -1.75. The van der Waals surface area contributed by atoms with E-state index in [1.807, 2.05) is 6.07 Å². The molecule has 1 unspecified atom stereocenters. The van der Waals surface area contributed by atoms with Crippen molar-refractivity contribution in [1.29, 1.82) is 0 Å². The number of halogens is 1. The number of hydrogen-bond acceptors (Lipinski definition) is 6. The van der Waals surface area contributed by atoms with Gasteiger partial charge in [0, 0.05) is 5.02 Å². The van der Waals surface area contributed by atoms with Gasteiger partial charge in [0.1, 0.15) is 0 Å². The van der Waals surface area contributed by atoms with E-state index in [0.29, 0.717) is 11.4 Å². The van der Waals surface area contributed by atoms with Crippen LogP contribution in [0.3, 0.4) is 0 Å². The molecular formula is C17H21ClO6. The lowest BCUT2D eigenvalue weighted by molar-refractivity contribution is -0.168. The van der Waals surface area contributed by atoms with E-state index in [2.05, 4.69) is 9.47 Å². The van der Waals surface area contributed by atoms with Gasteiger partial charge >= 0.3 is 18.1 Å². The number of rotatable bonds is 7. The van der Waals surface area contributed by atoms with Gasteiger partial charge in [0.2, 0.25) is 0 Å². The molecule has 0 aliphatic rings. The van der Waals surface area contributed by atoms with E-state index in [9.17, 15) is 14.4 Å². The lowest BCUT2D eigenvalue weighted by Crippen LogP contribution is -2.41. The lowest BCUT2D eigenvalue weighted by Gasteiger charge is -2.24. The molecule has 0 spiro atoms. The lowest BCUT2D eigenvalue weighted by atomic mass is 9.84. The van der Waals surface area contributed by atoms with Gasteiger partial charge in [0.15, 0.2) is 5.41 Å². The van der Waals surface area contributed by atoms with Crippen LogP contribution in [-0.2, 0) is 30.2 Å². The number of benzene rings is 1. The van der Waals surface area contributed by atoms with Gasteiger partial charge in [-0.1, -0.05) is 23.7 Å². The zero-order valence-corrected chi connectivity index (χ0v) is 14.7. The summed E-state index contributed by atoms with van der Waals surface area (Å²) in [5.41, 5.74) is -0.771. The third-order valence-corrected chi connectivity index (χ3v) is 3.65. The summed E-state index contributed by atoms with van der Waals surface area (Å²) in [6.07, 6.45) is -0.654. The Morgan fingerprint density at radius 1 is 1.08 bits per heavy atom. The number of hydrogen-bond donors (Lipinski definition) is 0. The maximum absolute atomic E-state index is 12.3. The highest BCUT2D eigenvalue weighted by molar-refractivity contribution is 6.30. The van der Waals surface area contributed by atoms with Crippen molar-refractivity contribution in [3.63, 3.8) is 0 Å². The van der Waals surface area contributed by atoms with Gasteiger partial charge in [-0.3, -0.25) is 9.59 Å². The van der Waals surface area contributed by atoms with Gasteiger partial charge in [0.05, 0.1) is 13.2 Å². The van der Waals surface area contributed by atoms with E-state index in [-0.39, 0.29) is 19.6 Å². The molecule has 132 valence electrons. The second kappa shape index (κ2) is 9.27. The van der Waals surface area contributed by atoms with Gasteiger partial charge in [-0.15, -0.1) is 0 Å². The van der Waals surface area contributed by atoms with Crippen LogP contribution in [0.25, 0.3) is 0 Å². The Morgan fingerprint density at radius 3 is 2.33 bits per heavy atom. The third kappa shape index (κ3) is 5.53. The van der Waals surface area contributed by atoms with Crippen molar-refractivity contribution in [2.75, 3.05) is 13.2 Å². The Kier molecular flexibility index (Phi) is 7.71. The first kappa shape index (κ1) is 20.0. The summed E-state index contributed by atoms with van der Waals surface area (Å²) in [5, 5.41) is 0.555. The van der Waals surface area contributed by atoms with Crippen molar-refractivity contribution in [2.24, 2.45) is 5.41 Å². The van der Waals surface area contributed by atoms with E-state index in [1.165, 1.54) is 6.92 Å². The monoisotopic (exact) mass is 356 g/mol. The fraction of sp³-hybridized carbons (Fsp3) is 0.471. The average Bonchev–Trinajstić information content (AvgIpc) is 2.53. The predicted molar refractivity (Wildman–Crippen MR) is 87.6 cm³/mol. The summed E-state index contributed by atoms with van der Waals surface area (Å²) in [4.78, 5) is 35.9. The summed E-state index contributed by atoms with van der Waals surface area (Å²) in [6.45, 7) is 4.77. The number of ether oxygens (including phenoxy) is 3. The molecule has 0 N–H and O–H groups in total. The maximum Gasteiger partial charge on any atom is 0.516 e. The van der Waals surface area contributed by atoms with E-state index in [0.717, 1.165) is 5.56 Å². The molecule has 0 amide bonds. The van der Waals surface area contributed by atoms with Crippen molar-refractivity contribution in [1.82, 2.24) is 0 Å². The molecule has 0 fully saturated rings. The van der Waals surface area contributed by atoms with Gasteiger partial charge in [-0.25, -0.2) is 4.79 Å². The number of aryl methyl sites for hydroxylation is 1. The second-order valence-corrected chi connectivity index (χ2v) is 5.69. The quantitative estimate of drug-likeness (QED) is 0.549. The van der Waals surface area contributed by atoms with Crippen LogP contribution in [0.1, 0.15) is 32.8 Å². The molecule has 0 saturated carbocycles. The molecule has 0 heterocycles. The van der Waals surface area contributed by atoms with E-state index in [1.54, 1.807) is 32.0 Å². The average molecular weight is 357 g/mol. The molecule has 1 rings (SSSR count). The van der Waals surface area contributed by atoms with Gasteiger partial charge in [-0.2, -0.15) is 0 Å². The first-order chi connectivity index (χ1) is 11.3. The van der Waals surface area contributed by atoms with Crippen LogP contribution in [-0.4, -0.2) is 31.3 Å². The van der Waals surface area contributed by atoms with Crippen molar-refractivity contribution in [2.45, 2.75) is 33.6 Å². The summed E-state index contributed by atoms with van der Waals surface area (Å²) < 4.78 is 14.1. The molecule has 0 aromatic heterocycles. The molecular weight excluding hydrogens is 336 g/mol. The molecule has 0 aliphatic heterocycles. The Morgan fingerprint density at radius 2 is 1.75 bits per heavy atom. The fourth-order valence-electron chi connectivity index (χ4n) is 2.00. The predicted octanol–water partition coefficient (Wildman–Crippen LogP) is 3.54. The van der Waals surface area contributed by atoms with Crippen molar-refractivity contribution in [3.8, 4) is 0 Å². The normalized spacial score (nSPS) is 12.8. The minimum atomic E-state index is -1.62. The van der Waals surface area contributed by atoms with Crippen molar-refractivity contribution < 1.29 is 28.6 Å². The Balaban J connectivity index is 2.90. The Labute approximate surface area is 146 Å². The van der Waals surface area contributed by atoms with Crippen LogP contribution < -0.4 is 0 Å². The molecule has 0 aliphatic carbocycles. The maximum atomic E-state index is 12.3. The Hall–Kier alpha value is -2.08. The van der Waals surface area contributed by atoms with Gasteiger partial charge in [-0.05, 0) is 51.3 Å². The number of carbonyl (C=O) groups is 3. The third-order valence-electron chi connectivity index (χ3n) is 3.42. The van der Waals surface area contributed by atoms with Crippen LogP contribution >= 0.6 is 11.6 Å². The number of carbonyl (C=O) groups excluding carboxylic acids is 3. The molecule has 1 aromatic rings. The largest absolute Gasteiger partial charge is 0.516 e. The molecule has 7 heteroatoms. The zero-order chi connectivity index (χ0) is 18.2. The molecule has 6 nitrogen and oxygen atoms in total. The summed E-state index contributed by atoms with van der Waals surface area (Å²) in [7, 11) is 0. The van der Waals surface area contributed by atoms with Crippen LogP contribution in [0.2, 0.25) is 5.02 Å². The molecule has 1 atom stereocenters. The SMILES string of the molecule is CCOC(=O)OC(=O)C(C)(CCc1cccc(Cl)c1)C(=O)OCC. The van der Waals surface area contributed by atoms with Crippen LogP contribution in [0, 0.1) is 5.41 Å². The second-order valence-electron chi connectivity index (χ2n) is 5.26. The van der Waals surface area contributed by atoms with E-state index < -0.39 is 23.5 Å².